The van der Waals surface area contributed by atoms with Crippen molar-refractivity contribution in [3.63, 3.8) is 0 Å². The maximum absolute atomic E-state index is 13.6. The number of carbonyl (C=O) groups excluding carboxylic acids is 1. The summed E-state index contributed by atoms with van der Waals surface area (Å²) in [6, 6.07) is 8.20. The molecule has 0 bridgehead atoms. The molecular weight excluding hydrogens is 389 g/mol. The van der Waals surface area contributed by atoms with Crippen LogP contribution in [0.3, 0.4) is 0 Å². The maximum Gasteiger partial charge on any atom is 0.249 e. The quantitative estimate of drug-likeness (QED) is 0.791. The average molecular weight is 406 g/mol. The third kappa shape index (κ3) is 4.87. The monoisotopic (exact) mass is 405 g/mol. The van der Waals surface area contributed by atoms with Crippen LogP contribution in [0.2, 0.25) is 0 Å². The van der Waals surface area contributed by atoms with E-state index in [9.17, 15) is 9.18 Å². The second-order valence-electron chi connectivity index (χ2n) is 5.49. The fraction of sp³-hybridized carbons (Fsp3) is 0.222. The van der Waals surface area contributed by atoms with E-state index >= 15 is 0 Å². The van der Waals surface area contributed by atoms with Crippen LogP contribution in [-0.2, 0) is 9.53 Å². The Morgan fingerprint density at radius 2 is 2.08 bits per heavy atom. The summed E-state index contributed by atoms with van der Waals surface area (Å²) in [5, 5.41) is 2.66. The first-order valence-corrected chi connectivity index (χ1v) is 8.64. The van der Waals surface area contributed by atoms with Crippen molar-refractivity contribution in [1.82, 2.24) is 4.98 Å². The molecule has 1 amide bonds. The Bertz CT molecular complexity index is 774. The number of nitrogens with one attached hydrogen (secondary N) is 1. The predicted molar refractivity (Wildman–Crippen MR) is 99.0 cm³/mol. The molecule has 3 rings (SSSR count). The molecule has 0 saturated carbocycles. The molecular formula is C18H17BrFN3O2. The summed E-state index contributed by atoms with van der Waals surface area (Å²) in [7, 11) is 0. The van der Waals surface area contributed by atoms with E-state index in [0.717, 1.165) is 23.2 Å². The van der Waals surface area contributed by atoms with Crippen LogP contribution in [0.25, 0.3) is 6.08 Å². The van der Waals surface area contributed by atoms with Gasteiger partial charge < -0.3 is 15.0 Å². The van der Waals surface area contributed by atoms with Crippen molar-refractivity contribution in [1.29, 1.82) is 0 Å². The molecule has 1 saturated heterocycles. The number of carbonyl (C=O) groups is 1. The van der Waals surface area contributed by atoms with Crippen LogP contribution in [0.5, 0.6) is 0 Å². The smallest absolute Gasteiger partial charge is 0.249 e. The first-order chi connectivity index (χ1) is 12.1. The lowest BCUT2D eigenvalue weighted by molar-refractivity contribution is -0.111. The summed E-state index contributed by atoms with van der Waals surface area (Å²) >= 11 is 3.27. The van der Waals surface area contributed by atoms with Gasteiger partial charge in [-0.15, -0.1) is 0 Å². The molecule has 0 unspecified atom stereocenters. The second kappa shape index (κ2) is 8.22. The van der Waals surface area contributed by atoms with Crippen LogP contribution in [0, 0.1) is 5.82 Å². The maximum atomic E-state index is 13.6. The zero-order chi connectivity index (χ0) is 17.6. The van der Waals surface area contributed by atoms with Gasteiger partial charge >= 0.3 is 0 Å². The highest BCUT2D eigenvalue weighted by atomic mass is 79.9. The highest BCUT2D eigenvalue weighted by Crippen LogP contribution is 2.18. The van der Waals surface area contributed by atoms with Gasteiger partial charge in [0.2, 0.25) is 5.91 Å². The highest BCUT2D eigenvalue weighted by molar-refractivity contribution is 9.10. The van der Waals surface area contributed by atoms with E-state index in [1.54, 1.807) is 24.4 Å². The van der Waals surface area contributed by atoms with Crippen LogP contribution in [-0.4, -0.2) is 37.2 Å². The Balaban J connectivity index is 1.60. The first kappa shape index (κ1) is 17.6. The number of rotatable bonds is 4. The van der Waals surface area contributed by atoms with Crippen LogP contribution < -0.4 is 10.2 Å². The summed E-state index contributed by atoms with van der Waals surface area (Å²) in [4.78, 5) is 18.4. The average Bonchev–Trinajstić information content (AvgIpc) is 2.64. The minimum absolute atomic E-state index is 0.333. The van der Waals surface area contributed by atoms with E-state index in [1.165, 1.54) is 18.2 Å². The summed E-state index contributed by atoms with van der Waals surface area (Å²) in [6.45, 7) is 3.06. The van der Waals surface area contributed by atoms with Gasteiger partial charge in [0.05, 0.1) is 25.1 Å². The number of aromatic nitrogens is 1. The number of hydrogen-bond acceptors (Lipinski definition) is 4. The van der Waals surface area contributed by atoms with E-state index < -0.39 is 0 Å². The molecule has 0 atom stereocenters. The van der Waals surface area contributed by atoms with E-state index in [1.807, 2.05) is 6.07 Å². The molecule has 2 heterocycles. The summed E-state index contributed by atoms with van der Waals surface area (Å²) < 4.78 is 19.7. The predicted octanol–water partition coefficient (Wildman–Crippen LogP) is 3.47. The Morgan fingerprint density at radius 3 is 2.80 bits per heavy atom. The van der Waals surface area contributed by atoms with Crippen LogP contribution in [0.15, 0.2) is 47.1 Å². The molecule has 2 aromatic rings. The Morgan fingerprint density at radius 1 is 1.28 bits per heavy atom. The van der Waals surface area contributed by atoms with E-state index in [-0.39, 0.29) is 11.7 Å². The third-order valence-electron chi connectivity index (χ3n) is 3.75. The number of ether oxygens (including phenoxy) is 1. The van der Waals surface area contributed by atoms with E-state index in [0.29, 0.717) is 24.6 Å². The summed E-state index contributed by atoms with van der Waals surface area (Å²) in [6.07, 6.45) is 4.43. The standard InChI is InChI=1S/C18H17BrFN3O2/c19-14-2-4-16(20)13(11-14)1-6-18(24)22-17-5-3-15(12-21-17)23-7-9-25-10-8-23/h1-6,11-12H,7-10H2,(H,21,22,24). The van der Waals surface area contributed by atoms with E-state index in [2.05, 4.69) is 31.1 Å². The molecule has 5 nitrogen and oxygen atoms in total. The molecule has 0 aliphatic carbocycles. The molecule has 1 aliphatic heterocycles. The van der Waals surface area contributed by atoms with Gasteiger partial charge in [-0.1, -0.05) is 15.9 Å². The molecule has 1 aromatic carbocycles. The van der Waals surface area contributed by atoms with Crippen molar-refractivity contribution in [2.75, 3.05) is 36.5 Å². The lowest BCUT2D eigenvalue weighted by atomic mass is 10.2. The van der Waals surface area contributed by atoms with E-state index in [4.69, 9.17) is 4.74 Å². The molecule has 1 N–H and O–H groups in total. The fourth-order valence-electron chi connectivity index (χ4n) is 2.44. The summed E-state index contributed by atoms with van der Waals surface area (Å²) in [5.41, 5.74) is 1.33. The zero-order valence-electron chi connectivity index (χ0n) is 13.4. The van der Waals surface area contributed by atoms with Crippen molar-refractivity contribution in [3.8, 4) is 0 Å². The van der Waals surface area contributed by atoms with Gasteiger partial charge in [0.1, 0.15) is 11.6 Å². The van der Waals surface area contributed by atoms with Gasteiger partial charge in [-0.2, -0.15) is 0 Å². The Hall–Kier alpha value is -2.25. The molecule has 0 radical (unpaired) electrons. The SMILES string of the molecule is O=C(C=Cc1cc(Br)ccc1F)Nc1ccc(N2CCOCC2)cn1. The van der Waals surface area contributed by atoms with Crippen molar-refractivity contribution in [3.05, 3.63) is 58.5 Å². The van der Waals surface area contributed by atoms with Crippen LogP contribution in [0.1, 0.15) is 5.56 Å². The number of benzene rings is 1. The van der Waals surface area contributed by atoms with Gasteiger partial charge in [0, 0.05) is 29.2 Å². The molecule has 130 valence electrons. The van der Waals surface area contributed by atoms with Gasteiger partial charge in [0.25, 0.3) is 0 Å². The minimum atomic E-state index is -0.389. The van der Waals surface area contributed by atoms with Crippen molar-refractivity contribution in [2.45, 2.75) is 0 Å². The molecule has 0 spiro atoms. The van der Waals surface area contributed by atoms with Gasteiger partial charge in [-0.05, 0) is 36.4 Å². The first-order valence-electron chi connectivity index (χ1n) is 7.85. The third-order valence-corrected chi connectivity index (χ3v) is 4.24. The number of hydrogen-bond donors (Lipinski definition) is 1. The lowest BCUT2D eigenvalue weighted by Gasteiger charge is -2.28. The zero-order valence-corrected chi connectivity index (χ0v) is 15.0. The number of morpholine rings is 1. The van der Waals surface area contributed by atoms with Gasteiger partial charge in [0.15, 0.2) is 0 Å². The molecule has 1 fully saturated rings. The molecule has 7 heteroatoms. The number of nitrogens with zero attached hydrogens (tertiary/aromatic N) is 2. The van der Waals surface area contributed by atoms with Crippen molar-refractivity contribution in [2.24, 2.45) is 0 Å². The van der Waals surface area contributed by atoms with Crippen LogP contribution >= 0.6 is 15.9 Å². The van der Waals surface area contributed by atoms with Crippen molar-refractivity contribution >= 4 is 39.4 Å². The topological polar surface area (TPSA) is 54.5 Å². The summed E-state index contributed by atoms with van der Waals surface area (Å²) in [5.74, 6) is -0.312. The Kier molecular flexibility index (Phi) is 5.78. The largest absolute Gasteiger partial charge is 0.378 e. The Labute approximate surface area is 153 Å². The normalized spacial score (nSPS) is 14.7. The lowest BCUT2D eigenvalue weighted by Crippen LogP contribution is -2.36. The number of halogens is 2. The van der Waals surface area contributed by atoms with Gasteiger partial charge in [-0.3, -0.25) is 4.79 Å². The van der Waals surface area contributed by atoms with Crippen LogP contribution in [0.4, 0.5) is 15.9 Å². The number of amides is 1. The molecule has 1 aliphatic rings. The fourth-order valence-corrected chi connectivity index (χ4v) is 2.82. The minimum Gasteiger partial charge on any atom is -0.378 e. The van der Waals surface area contributed by atoms with Crippen molar-refractivity contribution < 1.29 is 13.9 Å². The number of pyridine rings is 1. The molecule has 1 aromatic heterocycles. The molecule has 25 heavy (non-hydrogen) atoms. The van der Waals surface area contributed by atoms with Gasteiger partial charge in [-0.25, -0.2) is 9.37 Å². The number of anilines is 2. The second-order valence-corrected chi connectivity index (χ2v) is 6.41. The highest BCUT2D eigenvalue weighted by Gasteiger charge is 2.11.